The molecule has 2 unspecified atom stereocenters. The first kappa shape index (κ1) is 14.2. The number of hydrogen-bond donors (Lipinski definition) is 2. The summed E-state index contributed by atoms with van der Waals surface area (Å²) in [4.78, 5) is 0. The Kier molecular flexibility index (Phi) is 6.84. The molecule has 96 valence electrons. The summed E-state index contributed by atoms with van der Waals surface area (Å²) in [5.41, 5.74) is 0. The van der Waals surface area contributed by atoms with Crippen molar-refractivity contribution < 1.29 is 14.1 Å². The lowest BCUT2D eigenvalue weighted by molar-refractivity contribution is 0.107. The van der Waals surface area contributed by atoms with Crippen molar-refractivity contribution in [3.63, 3.8) is 0 Å². The molecule has 0 spiro atoms. The lowest BCUT2D eigenvalue weighted by Crippen LogP contribution is -2.33. The maximum atomic E-state index is 10.8. The molecule has 0 aliphatic rings. The van der Waals surface area contributed by atoms with Crippen LogP contribution in [0.4, 0.5) is 0 Å². The molecule has 0 saturated carbocycles. The van der Waals surface area contributed by atoms with Crippen LogP contribution in [0.2, 0.25) is 0 Å². The number of ether oxygens (including phenoxy) is 1. The molecule has 0 aliphatic heterocycles. The third-order valence-corrected chi connectivity index (χ3v) is 2.91. The molecule has 0 fully saturated rings. The Labute approximate surface area is 104 Å². The Bertz CT molecular complexity index is 332. The molecule has 0 amide bonds. The standard InChI is InChI=1S/C12H19NO3S/c1-17(15)8-7-13-9-11(14)10-16-12-5-3-2-4-6-12/h2-6,11,13-14H,7-10H2,1H3. The van der Waals surface area contributed by atoms with Gasteiger partial charge in [0.05, 0.1) is 0 Å². The van der Waals surface area contributed by atoms with Crippen LogP contribution in [0, 0.1) is 0 Å². The molecule has 0 saturated heterocycles. The molecule has 2 N–H and O–H groups in total. The number of nitrogens with one attached hydrogen (secondary N) is 1. The van der Waals surface area contributed by atoms with Gasteiger partial charge in [-0.25, -0.2) is 0 Å². The zero-order valence-electron chi connectivity index (χ0n) is 9.96. The molecule has 17 heavy (non-hydrogen) atoms. The van der Waals surface area contributed by atoms with Gasteiger partial charge in [0.25, 0.3) is 0 Å². The van der Waals surface area contributed by atoms with E-state index in [0.29, 0.717) is 18.8 Å². The Morgan fingerprint density at radius 1 is 1.41 bits per heavy atom. The molecule has 5 heteroatoms. The Morgan fingerprint density at radius 3 is 2.76 bits per heavy atom. The number of hydrogen-bond acceptors (Lipinski definition) is 4. The summed E-state index contributed by atoms with van der Waals surface area (Å²) in [6.07, 6.45) is 1.11. The second-order valence-corrected chi connectivity index (χ2v) is 5.31. The number of aliphatic hydroxyl groups is 1. The zero-order chi connectivity index (χ0) is 12.5. The van der Waals surface area contributed by atoms with Gasteiger partial charge in [-0.05, 0) is 12.1 Å². The van der Waals surface area contributed by atoms with E-state index >= 15 is 0 Å². The molecular formula is C12H19NO3S. The largest absolute Gasteiger partial charge is 0.491 e. The van der Waals surface area contributed by atoms with Gasteiger partial charge in [-0.2, -0.15) is 0 Å². The van der Waals surface area contributed by atoms with Crippen molar-refractivity contribution in [2.75, 3.05) is 31.7 Å². The second-order valence-electron chi connectivity index (χ2n) is 3.76. The average Bonchev–Trinajstić information content (AvgIpc) is 2.33. The molecule has 0 radical (unpaired) electrons. The van der Waals surface area contributed by atoms with Gasteiger partial charge in [-0.3, -0.25) is 4.21 Å². The zero-order valence-corrected chi connectivity index (χ0v) is 10.8. The Hall–Kier alpha value is -0.910. The minimum Gasteiger partial charge on any atom is -0.491 e. The third-order valence-electron chi connectivity index (χ3n) is 2.13. The molecule has 0 aromatic heterocycles. The number of benzene rings is 1. The van der Waals surface area contributed by atoms with Crippen LogP contribution in [0.5, 0.6) is 5.75 Å². The van der Waals surface area contributed by atoms with Crippen molar-refractivity contribution in [1.82, 2.24) is 5.32 Å². The summed E-state index contributed by atoms with van der Waals surface area (Å²) >= 11 is 0. The molecule has 0 aliphatic carbocycles. The van der Waals surface area contributed by atoms with Crippen LogP contribution in [0.25, 0.3) is 0 Å². The summed E-state index contributed by atoms with van der Waals surface area (Å²) in [6, 6.07) is 9.38. The molecule has 1 rings (SSSR count). The predicted octanol–water partition coefficient (Wildman–Crippen LogP) is 0.394. The van der Waals surface area contributed by atoms with Gasteiger partial charge in [0.2, 0.25) is 0 Å². The van der Waals surface area contributed by atoms with Crippen LogP contribution in [0.15, 0.2) is 30.3 Å². The van der Waals surface area contributed by atoms with Crippen molar-refractivity contribution in [3.8, 4) is 5.75 Å². The summed E-state index contributed by atoms with van der Waals surface area (Å²) in [6.45, 7) is 1.35. The first-order valence-electron chi connectivity index (χ1n) is 5.55. The van der Waals surface area contributed by atoms with Crippen molar-refractivity contribution in [2.24, 2.45) is 0 Å². The minimum absolute atomic E-state index is 0.256. The van der Waals surface area contributed by atoms with Gasteiger partial charge in [-0.15, -0.1) is 0 Å². The monoisotopic (exact) mass is 257 g/mol. The lowest BCUT2D eigenvalue weighted by atomic mass is 10.3. The van der Waals surface area contributed by atoms with E-state index in [1.54, 1.807) is 6.26 Å². The third kappa shape index (κ3) is 7.10. The fourth-order valence-electron chi connectivity index (χ4n) is 1.25. The van der Waals surface area contributed by atoms with E-state index in [0.717, 1.165) is 5.75 Å². The van der Waals surface area contributed by atoms with E-state index in [1.807, 2.05) is 30.3 Å². The van der Waals surface area contributed by atoms with Gasteiger partial charge in [0.1, 0.15) is 18.5 Å². The average molecular weight is 257 g/mol. The van der Waals surface area contributed by atoms with Gasteiger partial charge in [0.15, 0.2) is 0 Å². The van der Waals surface area contributed by atoms with E-state index in [1.165, 1.54) is 0 Å². The lowest BCUT2D eigenvalue weighted by Gasteiger charge is -2.12. The summed E-state index contributed by atoms with van der Waals surface area (Å²) in [5, 5.41) is 12.6. The van der Waals surface area contributed by atoms with Gasteiger partial charge < -0.3 is 15.2 Å². The maximum absolute atomic E-state index is 10.8. The van der Waals surface area contributed by atoms with E-state index in [4.69, 9.17) is 4.74 Å². The summed E-state index contributed by atoms with van der Waals surface area (Å²) < 4.78 is 16.2. The minimum atomic E-state index is -0.789. The second kappa shape index (κ2) is 8.22. The summed E-state index contributed by atoms with van der Waals surface area (Å²) in [5.74, 6) is 1.35. The Morgan fingerprint density at radius 2 is 2.12 bits per heavy atom. The highest BCUT2D eigenvalue weighted by atomic mass is 32.2. The van der Waals surface area contributed by atoms with Crippen LogP contribution in [0.1, 0.15) is 0 Å². The number of rotatable bonds is 8. The van der Waals surface area contributed by atoms with E-state index in [9.17, 15) is 9.32 Å². The topological polar surface area (TPSA) is 58.6 Å². The number of para-hydroxylation sites is 1. The molecule has 2 atom stereocenters. The summed E-state index contributed by atoms with van der Waals surface area (Å²) in [7, 11) is -0.789. The first-order chi connectivity index (χ1) is 8.18. The van der Waals surface area contributed by atoms with E-state index in [-0.39, 0.29) is 6.61 Å². The highest BCUT2D eigenvalue weighted by Crippen LogP contribution is 2.08. The highest BCUT2D eigenvalue weighted by molar-refractivity contribution is 7.84. The molecule has 4 nitrogen and oxygen atoms in total. The van der Waals surface area contributed by atoms with Crippen molar-refractivity contribution in [3.05, 3.63) is 30.3 Å². The molecule has 0 bridgehead atoms. The molecule has 1 aromatic rings. The van der Waals surface area contributed by atoms with Crippen LogP contribution >= 0.6 is 0 Å². The van der Waals surface area contributed by atoms with Gasteiger partial charge in [0, 0.05) is 35.9 Å². The first-order valence-corrected chi connectivity index (χ1v) is 7.28. The number of aliphatic hydroxyl groups excluding tert-OH is 1. The van der Waals surface area contributed by atoms with Gasteiger partial charge >= 0.3 is 0 Å². The fraction of sp³-hybridized carbons (Fsp3) is 0.500. The van der Waals surface area contributed by atoms with E-state index in [2.05, 4.69) is 5.32 Å². The van der Waals surface area contributed by atoms with Crippen molar-refractivity contribution in [2.45, 2.75) is 6.10 Å². The van der Waals surface area contributed by atoms with Crippen LogP contribution in [-0.2, 0) is 10.8 Å². The van der Waals surface area contributed by atoms with Crippen molar-refractivity contribution in [1.29, 1.82) is 0 Å². The van der Waals surface area contributed by atoms with Crippen molar-refractivity contribution >= 4 is 10.8 Å². The molecule has 1 aromatic carbocycles. The molecule has 0 heterocycles. The van der Waals surface area contributed by atoms with E-state index < -0.39 is 16.9 Å². The smallest absolute Gasteiger partial charge is 0.119 e. The Balaban J connectivity index is 2.09. The quantitative estimate of drug-likeness (QED) is 0.662. The predicted molar refractivity (Wildman–Crippen MR) is 69.7 cm³/mol. The van der Waals surface area contributed by atoms with Gasteiger partial charge in [-0.1, -0.05) is 18.2 Å². The highest BCUT2D eigenvalue weighted by Gasteiger charge is 2.04. The maximum Gasteiger partial charge on any atom is 0.119 e. The van der Waals surface area contributed by atoms with Crippen LogP contribution < -0.4 is 10.1 Å². The van der Waals surface area contributed by atoms with Crippen LogP contribution in [0.3, 0.4) is 0 Å². The van der Waals surface area contributed by atoms with Crippen LogP contribution in [-0.4, -0.2) is 47.1 Å². The normalized spacial score (nSPS) is 14.2. The molecular weight excluding hydrogens is 238 g/mol. The fourth-order valence-corrected chi connectivity index (χ4v) is 1.68. The SMILES string of the molecule is CS(=O)CCNCC(O)COc1ccccc1.